The highest BCUT2D eigenvalue weighted by Gasteiger charge is 2.16. The maximum atomic E-state index is 5.48. The Hall–Kier alpha value is -2.59. The smallest absolute Gasteiger partial charge is 0.142 e. The van der Waals surface area contributed by atoms with Gasteiger partial charge in [0.2, 0.25) is 0 Å². The predicted octanol–water partition coefficient (Wildman–Crippen LogP) is 3.96. The van der Waals surface area contributed by atoms with Crippen LogP contribution in [0.2, 0.25) is 0 Å². The molecule has 1 aliphatic heterocycles. The highest BCUT2D eigenvalue weighted by Crippen LogP contribution is 2.32. The number of rotatable bonds is 3. The fourth-order valence-electron chi connectivity index (χ4n) is 3.28. The Balaban J connectivity index is 1.83. The van der Waals surface area contributed by atoms with Crippen molar-refractivity contribution in [1.82, 2.24) is 14.9 Å². The molecule has 1 aliphatic rings. The lowest BCUT2D eigenvalue weighted by molar-refractivity contribution is 0.370. The number of hydrogen-bond acceptors (Lipinski definition) is 3. The first-order valence-corrected chi connectivity index (χ1v) is 8.26. The molecule has 122 valence electrons. The Morgan fingerprint density at radius 3 is 2.71 bits per heavy atom. The van der Waals surface area contributed by atoms with E-state index in [0.29, 0.717) is 0 Å². The molecule has 4 nitrogen and oxygen atoms in total. The number of H-pyrrole nitrogens is 1. The Morgan fingerprint density at radius 2 is 1.92 bits per heavy atom. The van der Waals surface area contributed by atoms with Crippen molar-refractivity contribution in [2.75, 3.05) is 27.2 Å². The molecular weight excluding hydrogens is 298 g/mol. The molecule has 4 heteroatoms. The molecule has 1 N–H and O–H groups in total. The summed E-state index contributed by atoms with van der Waals surface area (Å²) in [6.45, 7) is 2.09. The van der Waals surface area contributed by atoms with Gasteiger partial charge in [-0.25, -0.2) is 4.98 Å². The van der Waals surface area contributed by atoms with E-state index < -0.39 is 0 Å². The second-order valence-electron chi connectivity index (χ2n) is 6.23. The monoisotopic (exact) mass is 319 g/mol. The molecule has 0 aliphatic carbocycles. The zero-order valence-electron chi connectivity index (χ0n) is 14.0. The standard InChI is InChI=1S/C20H21N3O/c1-23-12-10-14(11-13-23)15-7-5-8-17-19(15)22-20(21-17)16-6-3-4-9-18(16)24-2/h3-10H,11-13H2,1-2H3,(H,21,22). The number of para-hydroxylation sites is 2. The van der Waals surface area contributed by atoms with Crippen LogP contribution in [0.25, 0.3) is 28.0 Å². The summed E-state index contributed by atoms with van der Waals surface area (Å²) in [5.41, 5.74) is 5.74. The summed E-state index contributed by atoms with van der Waals surface area (Å²) < 4.78 is 5.48. The van der Waals surface area contributed by atoms with Crippen molar-refractivity contribution in [2.45, 2.75) is 6.42 Å². The second kappa shape index (κ2) is 6.13. The van der Waals surface area contributed by atoms with E-state index in [9.17, 15) is 0 Å². The Labute approximate surface area is 141 Å². The molecule has 0 saturated heterocycles. The van der Waals surface area contributed by atoms with E-state index in [1.54, 1.807) is 7.11 Å². The Morgan fingerprint density at radius 1 is 1.08 bits per heavy atom. The maximum absolute atomic E-state index is 5.48. The maximum Gasteiger partial charge on any atom is 0.142 e. The van der Waals surface area contributed by atoms with Crippen molar-refractivity contribution in [3.63, 3.8) is 0 Å². The fraction of sp³-hybridized carbons (Fsp3) is 0.250. The number of aromatic nitrogens is 2. The normalized spacial score (nSPS) is 15.5. The summed E-state index contributed by atoms with van der Waals surface area (Å²) in [6.07, 6.45) is 3.39. The van der Waals surface area contributed by atoms with Gasteiger partial charge in [-0.3, -0.25) is 0 Å². The molecule has 2 heterocycles. The summed E-state index contributed by atoms with van der Waals surface area (Å²) in [5, 5.41) is 0. The van der Waals surface area contributed by atoms with E-state index in [4.69, 9.17) is 9.72 Å². The van der Waals surface area contributed by atoms with Crippen molar-refractivity contribution in [1.29, 1.82) is 0 Å². The lowest BCUT2D eigenvalue weighted by Gasteiger charge is -2.22. The largest absolute Gasteiger partial charge is 0.496 e. The average Bonchev–Trinajstić information content (AvgIpc) is 3.06. The van der Waals surface area contributed by atoms with Crippen molar-refractivity contribution in [2.24, 2.45) is 0 Å². The minimum atomic E-state index is 0.830. The first-order valence-electron chi connectivity index (χ1n) is 8.26. The van der Waals surface area contributed by atoms with Crippen molar-refractivity contribution in [3.8, 4) is 17.1 Å². The quantitative estimate of drug-likeness (QED) is 0.794. The third-order valence-electron chi connectivity index (χ3n) is 4.64. The SMILES string of the molecule is COc1ccccc1-c1nc2cccc(C3=CCN(C)CC3)c2[nH]1. The van der Waals surface area contributed by atoms with Crippen molar-refractivity contribution in [3.05, 3.63) is 54.1 Å². The average molecular weight is 319 g/mol. The van der Waals surface area contributed by atoms with E-state index in [2.05, 4.69) is 41.2 Å². The van der Waals surface area contributed by atoms with E-state index in [1.807, 2.05) is 24.3 Å². The molecule has 1 aromatic heterocycles. The van der Waals surface area contributed by atoms with Crippen LogP contribution in [0.1, 0.15) is 12.0 Å². The number of fused-ring (bicyclic) bond motifs is 1. The van der Waals surface area contributed by atoms with Crippen LogP contribution in [-0.4, -0.2) is 42.1 Å². The molecule has 4 rings (SSSR count). The first kappa shape index (κ1) is 15.0. The summed E-state index contributed by atoms with van der Waals surface area (Å²) in [6, 6.07) is 14.3. The molecule has 3 aromatic rings. The molecule has 2 aromatic carbocycles. The minimum Gasteiger partial charge on any atom is -0.496 e. The van der Waals surface area contributed by atoms with Gasteiger partial charge in [-0.05, 0) is 37.2 Å². The Bertz CT molecular complexity index is 910. The molecule has 0 saturated carbocycles. The van der Waals surface area contributed by atoms with Crippen molar-refractivity contribution < 1.29 is 4.74 Å². The molecule has 0 atom stereocenters. The molecule has 0 spiro atoms. The topological polar surface area (TPSA) is 41.1 Å². The van der Waals surface area contributed by atoms with Gasteiger partial charge in [0.15, 0.2) is 0 Å². The number of likely N-dealkylation sites (N-methyl/N-ethyl adjacent to an activating group) is 1. The number of hydrogen-bond donors (Lipinski definition) is 1. The first-order chi connectivity index (χ1) is 11.8. The van der Waals surface area contributed by atoms with Gasteiger partial charge in [-0.15, -0.1) is 0 Å². The van der Waals surface area contributed by atoms with Crippen LogP contribution in [0.3, 0.4) is 0 Å². The van der Waals surface area contributed by atoms with Gasteiger partial charge in [-0.2, -0.15) is 0 Å². The zero-order valence-corrected chi connectivity index (χ0v) is 14.0. The number of benzene rings is 2. The van der Waals surface area contributed by atoms with Crippen LogP contribution in [0.5, 0.6) is 5.75 Å². The molecule has 0 bridgehead atoms. The highest BCUT2D eigenvalue weighted by molar-refractivity contribution is 5.91. The summed E-state index contributed by atoms with van der Waals surface area (Å²) >= 11 is 0. The van der Waals surface area contributed by atoms with E-state index in [-0.39, 0.29) is 0 Å². The predicted molar refractivity (Wildman–Crippen MR) is 98.2 cm³/mol. The van der Waals surface area contributed by atoms with Crippen LogP contribution < -0.4 is 4.74 Å². The van der Waals surface area contributed by atoms with Crippen LogP contribution in [0.4, 0.5) is 0 Å². The van der Waals surface area contributed by atoms with Gasteiger partial charge in [0.05, 0.1) is 23.7 Å². The third kappa shape index (κ3) is 2.59. The number of imidazole rings is 1. The number of methoxy groups -OCH3 is 1. The number of aromatic amines is 1. The van der Waals surface area contributed by atoms with Crippen LogP contribution in [0, 0.1) is 0 Å². The molecule has 0 fully saturated rings. The van der Waals surface area contributed by atoms with Crippen LogP contribution in [-0.2, 0) is 0 Å². The summed E-state index contributed by atoms with van der Waals surface area (Å²) in [7, 11) is 3.85. The zero-order chi connectivity index (χ0) is 16.5. The fourth-order valence-corrected chi connectivity index (χ4v) is 3.28. The summed E-state index contributed by atoms with van der Waals surface area (Å²) in [4.78, 5) is 10.6. The second-order valence-corrected chi connectivity index (χ2v) is 6.23. The van der Waals surface area contributed by atoms with E-state index in [1.165, 1.54) is 11.1 Å². The number of ether oxygens (including phenoxy) is 1. The lowest BCUT2D eigenvalue weighted by Crippen LogP contribution is -2.23. The van der Waals surface area contributed by atoms with Crippen LogP contribution >= 0.6 is 0 Å². The summed E-state index contributed by atoms with van der Waals surface area (Å²) in [5.74, 6) is 1.68. The molecule has 0 amide bonds. The highest BCUT2D eigenvalue weighted by atomic mass is 16.5. The molecule has 0 radical (unpaired) electrons. The molecule has 0 unspecified atom stereocenters. The third-order valence-corrected chi connectivity index (χ3v) is 4.64. The van der Waals surface area contributed by atoms with Gasteiger partial charge < -0.3 is 14.6 Å². The Kier molecular flexibility index (Phi) is 3.82. The lowest BCUT2D eigenvalue weighted by atomic mass is 9.98. The number of nitrogens with one attached hydrogen (secondary N) is 1. The molecule has 24 heavy (non-hydrogen) atoms. The van der Waals surface area contributed by atoms with E-state index in [0.717, 1.165) is 47.7 Å². The van der Waals surface area contributed by atoms with Gasteiger partial charge in [-0.1, -0.05) is 30.3 Å². The van der Waals surface area contributed by atoms with Gasteiger partial charge in [0, 0.05) is 18.7 Å². The van der Waals surface area contributed by atoms with Gasteiger partial charge >= 0.3 is 0 Å². The van der Waals surface area contributed by atoms with Crippen molar-refractivity contribution >= 4 is 16.6 Å². The van der Waals surface area contributed by atoms with Crippen LogP contribution in [0.15, 0.2) is 48.5 Å². The van der Waals surface area contributed by atoms with E-state index >= 15 is 0 Å². The number of nitrogens with zero attached hydrogens (tertiary/aromatic N) is 2. The minimum absolute atomic E-state index is 0.830. The van der Waals surface area contributed by atoms with Gasteiger partial charge in [0.1, 0.15) is 11.6 Å². The molecular formula is C20H21N3O. The van der Waals surface area contributed by atoms with Gasteiger partial charge in [0.25, 0.3) is 0 Å².